The molecule has 4 rings (SSSR count). The number of alkyl halides is 3. The molecular weight excluding hydrogens is 510 g/mol. The van der Waals surface area contributed by atoms with E-state index >= 15 is 0 Å². The summed E-state index contributed by atoms with van der Waals surface area (Å²) in [5.41, 5.74) is 0.133. The van der Waals surface area contributed by atoms with Crippen LogP contribution in [0.5, 0.6) is 0 Å². The molecule has 0 spiro atoms. The first kappa shape index (κ1) is 25.5. The van der Waals surface area contributed by atoms with Crippen molar-refractivity contribution in [1.29, 1.82) is 0 Å². The Morgan fingerprint density at radius 3 is 2.62 bits per heavy atom. The van der Waals surface area contributed by atoms with E-state index in [0.717, 1.165) is 30.4 Å². The number of halogens is 4. The van der Waals surface area contributed by atoms with Crippen LogP contribution >= 0.6 is 19.2 Å². The van der Waals surface area contributed by atoms with Crippen LogP contribution in [0.1, 0.15) is 31.9 Å². The molecule has 1 aliphatic carbocycles. The van der Waals surface area contributed by atoms with Crippen molar-refractivity contribution in [1.82, 2.24) is 19.7 Å². The first-order chi connectivity index (χ1) is 15.9. The molecule has 34 heavy (non-hydrogen) atoms. The van der Waals surface area contributed by atoms with E-state index in [0.29, 0.717) is 11.2 Å². The number of hydrogen-bond acceptors (Lipinski definition) is 9. The summed E-state index contributed by atoms with van der Waals surface area (Å²) in [6.45, 7) is -1.19. The summed E-state index contributed by atoms with van der Waals surface area (Å²) in [6, 6.07) is 0.184. The van der Waals surface area contributed by atoms with Gasteiger partial charge in [0.2, 0.25) is 5.28 Å². The predicted molar refractivity (Wildman–Crippen MR) is 110 cm³/mol. The number of nitrogens with one attached hydrogen (secondary N) is 1. The van der Waals surface area contributed by atoms with Gasteiger partial charge in [-0.1, -0.05) is 12.8 Å². The van der Waals surface area contributed by atoms with Crippen molar-refractivity contribution in [2.45, 2.75) is 68.3 Å². The molecule has 5 N–H and O–H groups in total. The minimum atomic E-state index is -5.81. The van der Waals surface area contributed by atoms with Gasteiger partial charge in [-0.05, 0) is 24.4 Å². The maximum atomic E-state index is 13.7. The van der Waals surface area contributed by atoms with Gasteiger partial charge in [-0.3, -0.25) is 4.57 Å². The van der Waals surface area contributed by atoms with Crippen LogP contribution in [0.25, 0.3) is 11.0 Å². The Bertz CT molecular complexity index is 1090. The quantitative estimate of drug-likeness (QED) is 0.247. The van der Waals surface area contributed by atoms with Gasteiger partial charge in [-0.15, -0.1) is 0 Å². The van der Waals surface area contributed by atoms with Gasteiger partial charge in [0.25, 0.3) is 5.91 Å². The Hall–Kier alpha value is -1.58. The van der Waals surface area contributed by atoms with Crippen LogP contribution < -0.4 is 5.32 Å². The smallest absolute Gasteiger partial charge is 0.387 e. The number of ether oxygens (including phenoxy) is 2. The molecule has 2 fully saturated rings. The van der Waals surface area contributed by atoms with E-state index in [1.807, 2.05) is 0 Å². The molecule has 0 radical (unpaired) electrons. The Kier molecular flexibility index (Phi) is 7.10. The summed E-state index contributed by atoms with van der Waals surface area (Å²) in [6.07, 6.45) is -5.94. The summed E-state index contributed by atoms with van der Waals surface area (Å²) in [7, 11) is -5.81. The maximum absolute atomic E-state index is 13.7. The molecule has 3 heterocycles. The van der Waals surface area contributed by atoms with Crippen molar-refractivity contribution in [3.63, 3.8) is 0 Å². The average Bonchev–Trinajstić information content (AvgIpc) is 3.47. The van der Waals surface area contributed by atoms with E-state index in [1.54, 1.807) is 0 Å². The highest BCUT2D eigenvalue weighted by Crippen LogP contribution is 2.50. The highest BCUT2D eigenvalue weighted by Gasteiger charge is 2.54. The maximum Gasteiger partial charge on any atom is 0.398 e. The van der Waals surface area contributed by atoms with E-state index < -0.39 is 50.8 Å². The van der Waals surface area contributed by atoms with Crippen molar-refractivity contribution in [2.24, 2.45) is 0 Å². The van der Waals surface area contributed by atoms with Crippen LogP contribution in [-0.2, 0) is 14.0 Å². The van der Waals surface area contributed by atoms with Gasteiger partial charge in [0.15, 0.2) is 11.9 Å². The standard InChI is InChI=1S/C17H22ClF3N5O7P/c18-16-24-12(23-7-3-1-2-4-7)8-5-22-26(13(8)25-16)14-11(28)10(27)9(33-14)6-32-17(20,21)15(19)34(29,30)31/h5,7,9-11,14-15,27-28H,1-4,6H2,(H,23,24,25)(H2,29,30,31)/t9-,10-,11-,14-,15?/m1/s1. The van der Waals surface area contributed by atoms with Crippen LogP contribution in [0.15, 0.2) is 6.20 Å². The lowest BCUT2D eigenvalue weighted by Gasteiger charge is -2.23. The van der Waals surface area contributed by atoms with E-state index in [1.165, 1.54) is 6.20 Å². The number of anilines is 1. The Balaban J connectivity index is 1.53. The number of aliphatic hydroxyl groups is 2. The van der Waals surface area contributed by atoms with Crippen molar-refractivity contribution < 1.29 is 47.2 Å². The van der Waals surface area contributed by atoms with Gasteiger partial charge in [-0.25, -0.2) is 9.07 Å². The number of aromatic nitrogens is 4. The number of hydrogen-bond donors (Lipinski definition) is 5. The molecule has 2 aromatic rings. The van der Waals surface area contributed by atoms with Gasteiger partial charge in [0.05, 0.1) is 18.2 Å². The molecule has 5 atom stereocenters. The first-order valence-corrected chi connectivity index (χ1v) is 12.3. The third-order valence-electron chi connectivity index (χ3n) is 5.71. The first-order valence-electron chi connectivity index (χ1n) is 10.3. The highest BCUT2D eigenvalue weighted by molar-refractivity contribution is 7.52. The molecule has 2 aromatic heterocycles. The zero-order valence-corrected chi connectivity index (χ0v) is 19.0. The zero-order valence-electron chi connectivity index (χ0n) is 17.3. The molecule has 1 saturated heterocycles. The fraction of sp³-hybridized carbons (Fsp3) is 0.706. The number of aliphatic hydroxyl groups excluding tert-OH is 2. The summed E-state index contributed by atoms with van der Waals surface area (Å²) < 4.78 is 62.0. The SMILES string of the molecule is O=P(O)(O)C(F)C(F)(F)OC[C@H]1O[C@@H](n2ncc3c(NC4CCCC4)nc(Cl)nc32)[C@H](O)[C@@H]1O. The van der Waals surface area contributed by atoms with Crippen molar-refractivity contribution in [2.75, 3.05) is 11.9 Å². The van der Waals surface area contributed by atoms with Gasteiger partial charge in [-0.2, -0.15) is 23.8 Å². The molecule has 0 amide bonds. The fourth-order valence-corrected chi connectivity index (χ4v) is 4.62. The summed E-state index contributed by atoms with van der Waals surface area (Å²) >= 11 is 6.05. The van der Waals surface area contributed by atoms with Crippen LogP contribution in [-0.4, -0.2) is 82.7 Å². The van der Waals surface area contributed by atoms with E-state index in [4.69, 9.17) is 26.1 Å². The van der Waals surface area contributed by atoms with Crippen molar-refractivity contribution in [3.8, 4) is 0 Å². The third kappa shape index (κ3) is 5.02. The van der Waals surface area contributed by atoms with Crippen molar-refractivity contribution in [3.05, 3.63) is 11.5 Å². The van der Waals surface area contributed by atoms with Crippen LogP contribution in [0, 0.1) is 0 Å². The van der Waals surface area contributed by atoms with E-state index in [-0.39, 0.29) is 17.0 Å². The molecule has 190 valence electrons. The van der Waals surface area contributed by atoms with Gasteiger partial charge in [0, 0.05) is 6.04 Å². The normalized spacial score (nSPS) is 27.5. The van der Waals surface area contributed by atoms with E-state index in [9.17, 15) is 27.9 Å². The summed E-state index contributed by atoms with van der Waals surface area (Å²) in [5, 5.41) is 28.4. The topological polar surface area (TPSA) is 172 Å². The highest BCUT2D eigenvalue weighted by atomic mass is 35.5. The third-order valence-corrected chi connectivity index (χ3v) is 6.77. The summed E-state index contributed by atoms with van der Waals surface area (Å²) in [5.74, 6) is -3.51. The second-order valence-electron chi connectivity index (χ2n) is 8.14. The molecule has 17 heteroatoms. The van der Waals surface area contributed by atoms with Gasteiger partial charge >= 0.3 is 13.7 Å². The fourth-order valence-electron chi connectivity index (χ4n) is 3.99. The molecule has 1 aliphatic heterocycles. The molecule has 12 nitrogen and oxygen atoms in total. The molecule has 1 saturated carbocycles. The van der Waals surface area contributed by atoms with E-state index in [2.05, 4.69) is 25.1 Å². The van der Waals surface area contributed by atoms with Crippen LogP contribution in [0.3, 0.4) is 0 Å². The molecule has 0 aromatic carbocycles. The average molecular weight is 532 g/mol. The molecule has 0 bridgehead atoms. The zero-order chi connectivity index (χ0) is 24.8. The second kappa shape index (κ2) is 9.47. The number of rotatable bonds is 8. The monoisotopic (exact) mass is 531 g/mol. The molecular formula is C17H22ClF3N5O7P. The van der Waals surface area contributed by atoms with Gasteiger partial charge in [0.1, 0.15) is 24.1 Å². The minimum absolute atomic E-state index is 0.131. The van der Waals surface area contributed by atoms with Gasteiger partial charge < -0.3 is 34.8 Å². The molecule has 2 aliphatic rings. The van der Waals surface area contributed by atoms with Crippen LogP contribution in [0.4, 0.5) is 19.0 Å². The lowest BCUT2D eigenvalue weighted by Crippen LogP contribution is -2.39. The Morgan fingerprint density at radius 2 is 1.97 bits per heavy atom. The lowest BCUT2D eigenvalue weighted by molar-refractivity contribution is -0.272. The van der Waals surface area contributed by atoms with Crippen LogP contribution in [0.2, 0.25) is 5.28 Å². The number of fused-ring (bicyclic) bond motifs is 1. The largest absolute Gasteiger partial charge is 0.398 e. The lowest BCUT2D eigenvalue weighted by atomic mass is 10.1. The van der Waals surface area contributed by atoms with Crippen molar-refractivity contribution >= 4 is 36.0 Å². The second-order valence-corrected chi connectivity index (χ2v) is 10.1. The molecule has 1 unspecified atom stereocenters. The minimum Gasteiger partial charge on any atom is -0.387 e. The summed E-state index contributed by atoms with van der Waals surface area (Å²) in [4.78, 5) is 25.5. The Labute approximate surface area is 195 Å². The predicted octanol–water partition coefficient (Wildman–Crippen LogP) is 1.54. The number of nitrogens with zero attached hydrogens (tertiary/aromatic N) is 4. The Morgan fingerprint density at radius 1 is 1.29 bits per heavy atom.